The summed E-state index contributed by atoms with van der Waals surface area (Å²) in [6.07, 6.45) is 5.34. The van der Waals surface area contributed by atoms with Gasteiger partial charge >= 0.3 is 0 Å². The van der Waals surface area contributed by atoms with Crippen molar-refractivity contribution in [2.24, 2.45) is 7.05 Å². The first-order valence-electron chi connectivity index (χ1n) is 4.85. The maximum atomic E-state index is 8.73. The fraction of sp³-hybridized carbons (Fsp3) is 0.182. The number of aromatic nitrogens is 3. The highest BCUT2D eigenvalue weighted by atomic mass is 15.2. The maximum Gasteiger partial charge on any atom is 0.127 e. The van der Waals surface area contributed by atoms with E-state index in [0.717, 1.165) is 5.56 Å². The van der Waals surface area contributed by atoms with Gasteiger partial charge in [0.05, 0.1) is 17.8 Å². The number of pyridine rings is 1. The quantitative estimate of drug-likeness (QED) is 0.834. The molecular formula is C11H11N5. The lowest BCUT2D eigenvalue weighted by Crippen LogP contribution is -2.00. The summed E-state index contributed by atoms with van der Waals surface area (Å²) in [6.45, 7) is 0.649. The van der Waals surface area contributed by atoms with Crippen LogP contribution in [0.3, 0.4) is 0 Å². The van der Waals surface area contributed by atoms with Crippen LogP contribution in [0.1, 0.15) is 11.1 Å². The Balaban J connectivity index is 2.02. The number of nitriles is 1. The van der Waals surface area contributed by atoms with E-state index in [1.54, 1.807) is 29.2 Å². The van der Waals surface area contributed by atoms with Gasteiger partial charge in [-0.3, -0.25) is 4.68 Å². The van der Waals surface area contributed by atoms with Gasteiger partial charge in [-0.05, 0) is 12.1 Å². The van der Waals surface area contributed by atoms with Gasteiger partial charge in [0.2, 0.25) is 0 Å². The summed E-state index contributed by atoms with van der Waals surface area (Å²) in [5.41, 5.74) is 1.68. The first-order valence-corrected chi connectivity index (χ1v) is 4.85. The summed E-state index contributed by atoms with van der Waals surface area (Å²) in [4.78, 5) is 4.12. The first kappa shape index (κ1) is 10.2. The molecule has 0 saturated carbocycles. The first-order chi connectivity index (χ1) is 7.78. The Hall–Kier alpha value is -2.35. The van der Waals surface area contributed by atoms with Crippen molar-refractivity contribution >= 4 is 5.82 Å². The topological polar surface area (TPSA) is 66.5 Å². The van der Waals surface area contributed by atoms with Crippen LogP contribution >= 0.6 is 0 Å². The molecule has 0 aliphatic heterocycles. The number of nitrogens with zero attached hydrogens (tertiary/aromatic N) is 4. The fourth-order valence-corrected chi connectivity index (χ4v) is 1.35. The molecule has 0 radical (unpaired) electrons. The molecule has 0 spiro atoms. The molecule has 0 aliphatic carbocycles. The van der Waals surface area contributed by atoms with Crippen LogP contribution in [0, 0.1) is 11.3 Å². The minimum Gasteiger partial charge on any atom is -0.366 e. The van der Waals surface area contributed by atoms with Crippen LogP contribution in [0.2, 0.25) is 0 Å². The van der Waals surface area contributed by atoms with E-state index in [4.69, 9.17) is 5.26 Å². The average molecular weight is 213 g/mol. The van der Waals surface area contributed by atoms with Crippen molar-refractivity contribution in [3.63, 3.8) is 0 Å². The molecule has 1 N–H and O–H groups in total. The zero-order chi connectivity index (χ0) is 11.4. The van der Waals surface area contributed by atoms with Gasteiger partial charge in [0.15, 0.2) is 0 Å². The van der Waals surface area contributed by atoms with E-state index >= 15 is 0 Å². The third-order valence-corrected chi connectivity index (χ3v) is 2.12. The minimum atomic E-state index is 0.601. The van der Waals surface area contributed by atoms with E-state index in [1.165, 1.54) is 0 Å². The summed E-state index contributed by atoms with van der Waals surface area (Å²) < 4.78 is 1.75. The molecule has 0 unspecified atom stereocenters. The molecule has 0 bridgehead atoms. The zero-order valence-corrected chi connectivity index (χ0v) is 8.88. The van der Waals surface area contributed by atoms with Crippen LogP contribution < -0.4 is 5.32 Å². The van der Waals surface area contributed by atoms with E-state index in [2.05, 4.69) is 21.5 Å². The highest BCUT2D eigenvalue weighted by Gasteiger charge is 1.98. The monoisotopic (exact) mass is 213 g/mol. The van der Waals surface area contributed by atoms with Crippen molar-refractivity contribution in [1.82, 2.24) is 14.8 Å². The van der Waals surface area contributed by atoms with Gasteiger partial charge in [-0.25, -0.2) is 4.98 Å². The van der Waals surface area contributed by atoms with Crippen molar-refractivity contribution in [3.8, 4) is 6.07 Å². The van der Waals surface area contributed by atoms with Crippen molar-refractivity contribution < 1.29 is 0 Å². The Morgan fingerprint density at radius 1 is 1.56 bits per heavy atom. The second kappa shape index (κ2) is 4.45. The molecule has 0 aromatic carbocycles. The van der Waals surface area contributed by atoms with Crippen LogP contribution in [0.25, 0.3) is 0 Å². The molecule has 5 heteroatoms. The molecule has 16 heavy (non-hydrogen) atoms. The Kier molecular flexibility index (Phi) is 2.83. The second-order valence-electron chi connectivity index (χ2n) is 3.42. The summed E-state index contributed by atoms with van der Waals surface area (Å²) in [6, 6.07) is 5.47. The molecule has 0 atom stereocenters. The van der Waals surface area contributed by atoms with E-state index < -0.39 is 0 Å². The largest absolute Gasteiger partial charge is 0.366 e. The Bertz CT molecular complexity index is 523. The van der Waals surface area contributed by atoms with E-state index in [9.17, 15) is 0 Å². The highest BCUT2D eigenvalue weighted by Crippen LogP contribution is 2.07. The molecule has 2 aromatic rings. The average Bonchev–Trinajstić information content (AvgIpc) is 2.73. The van der Waals surface area contributed by atoms with Gasteiger partial charge in [0.1, 0.15) is 5.82 Å². The predicted octanol–water partition coefficient (Wildman–Crippen LogP) is 1.30. The molecule has 5 nitrogen and oxygen atoms in total. The number of rotatable bonds is 3. The van der Waals surface area contributed by atoms with Gasteiger partial charge in [0, 0.05) is 31.5 Å². The Morgan fingerprint density at radius 3 is 3.12 bits per heavy atom. The van der Waals surface area contributed by atoms with E-state index in [1.807, 2.05) is 13.2 Å². The number of nitrogens with one attached hydrogen (secondary N) is 1. The number of hydrogen-bond acceptors (Lipinski definition) is 4. The van der Waals surface area contributed by atoms with Gasteiger partial charge in [-0.2, -0.15) is 10.4 Å². The predicted molar refractivity (Wildman–Crippen MR) is 59.5 cm³/mol. The summed E-state index contributed by atoms with van der Waals surface area (Å²) in [5, 5.41) is 15.9. The minimum absolute atomic E-state index is 0.601. The van der Waals surface area contributed by atoms with E-state index in [0.29, 0.717) is 17.9 Å². The van der Waals surface area contributed by atoms with Crippen LogP contribution in [-0.2, 0) is 13.6 Å². The number of hydrogen-bond donors (Lipinski definition) is 1. The lowest BCUT2D eigenvalue weighted by atomic mass is 10.3. The van der Waals surface area contributed by atoms with Crippen LogP contribution in [0.15, 0.2) is 30.7 Å². The second-order valence-corrected chi connectivity index (χ2v) is 3.42. The van der Waals surface area contributed by atoms with Gasteiger partial charge < -0.3 is 5.32 Å². The molecule has 80 valence electrons. The molecular weight excluding hydrogens is 202 g/mol. The van der Waals surface area contributed by atoms with Gasteiger partial charge in [-0.15, -0.1) is 0 Å². The number of aryl methyl sites for hydroxylation is 1. The lowest BCUT2D eigenvalue weighted by molar-refractivity contribution is 0.767. The molecule has 2 heterocycles. The molecule has 0 amide bonds. The van der Waals surface area contributed by atoms with Crippen molar-refractivity contribution in [3.05, 3.63) is 41.9 Å². The standard InChI is InChI=1S/C11H11N5/c1-16-8-10(7-15-16)6-14-11-4-9(5-12)2-3-13-11/h2-4,7-8H,6H2,1H3,(H,13,14). The maximum absolute atomic E-state index is 8.73. The fourth-order valence-electron chi connectivity index (χ4n) is 1.35. The van der Waals surface area contributed by atoms with E-state index in [-0.39, 0.29) is 0 Å². The lowest BCUT2D eigenvalue weighted by Gasteiger charge is -2.02. The Labute approximate surface area is 93.4 Å². The molecule has 0 saturated heterocycles. The third-order valence-electron chi connectivity index (χ3n) is 2.12. The SMILES string of the molecule is Cn1cc(CNc2cc(C#N)ccn2)cn1. The zero-order valence-electron chi connectivity index (χ0n) is 8.88. The number of anilines is 1. The van der Waals surface area contributed by atoms with Crippen LogP contribution in [0.5, 0.6) is 0 Å². The smallest absolute Gasteiger partial charge is 0.127 e. The summed E-state index contributed by atoms with van der Waals surface area (Å²) in [5.74, 6) is 0.697. The summed E-state index contributed by atoms with van der Waals surface area (Å²) >= 11 is 0. The van der Waals surface area contributed by atoms with Crippen molar-refractivity contribution in [1.29, 1.82) is 5.26 Å². The molecule has 2 rings (SSSR count). The molecule has 2 aromatic heterocycles. The van der Waals surface area contributed by atoms with Crippen molar-refractivity contribution in [2.45, 2.75) is 6.54 Å². The Morgan fingerprint density at radius 2 is 2.44 bits per heavy atom. The normalized spacial score (nSPS) is 9.75. The van der Waals surface area contributed by atoms with Crippen LogP contribution in [-0.4, -0.2) is 14.8 Å². The highest BCUT2D eigenvalue weighted by molar-refractivity contribution is 5.42. The molecule has 0 aliphatic rings. The van der Waals surface area contributed by atoms with Gasteiger partial charge in [0.25, 0.3) is 0 Å². The molecule has 0 fully saturated rings. The van der Waals surface area contributed by atoms with Crippen LogP contribution in [0.4, 0.5) is 5.82 Å². The van der Waals surface area contributed by atoms with Gasteiger partial charge in [-0.1, -0.05) is 0 Å². The summed E-state index contributed by atoms with van der Waals surface area (Å²) in [7, 11) is 1.87. The third kappa shape index (κ3) is 2.36. The van der Waals surface area contributed by atoms with Crippen molar-refractivity contribution in [2.75, 3.05) is 5.32 Å².